The maximum absolute atomic E-state index is 12.8. The highest BCUT2D eigenvalue weighted by Gasteiger charge is 2.31. The lowest BCUT2D eigenvalue weighted by Gasteiger charge is -2.10. The quantitative estimate of drug-likeness (QED) is 0.325. The SMILES string of the molecule is CCCOc1ccc(-c2nn(-c3ccccc3)cc2C=C2SC(=S)N(CC)C2=O)cc1C. The standard InChI is InChI=1S/C25H25N3O2S2/c1-4-13-30-21-12-11-18(14-17(21)3)23-19(15-22-24(29)27(5-2)25(31)32-22)16-28(26-23)20-9-7-6-8-10-20/h6-12,14-16H,4-5,13H2,1-3H3. The Morgan fingerprint density at radius 1 is 1.16 bits per heavy atom. The van der Waals surface area contributed by atoms with Crippen LogP contribution >= 0.6 is 24.0 Å². The normalized spacial score (nSPS) is 15.1. The van der Waals surface area contributed by atoms with E-state index in [4.69, 9.17) is 22.1 Å². The molecule has 0 N–H and O–H groups in total. The first kappa shape index (κ1) is 22.3. The fourth-order valence-corrected chi connectivity index (χ4v) is 4.89. The summed E-state index contributed by atoms with van der Waals surface area (Å²) in [5.41, 5.74) is 4.65. The van der Waals surface area contributed by atoms with Gasteiger partial charge in [-0.3, -0.25) is 9.69 Å². The zero-order chi connectivity index (χ0) is 22.7. The zero-order valence-corrected chi connectivity index (χ0v) is 20.0. The number of likely N-dealkylation sites (N-methyl/N-ethyl adjacent to an activating group) is 1. The van der Waals surface area contributed by atoms with Crippen LogP contribution in [0.25, 0.3) is 23.0 Å². The summed E-state index contributed by atoms with van der Waals surface area (Å²) in [6.07, 6.45) is 4.82. The summed E-state index contributed by atoms with van der Waals surface area (Å²) in [5, 5.41) is 4.87. The number of hydrogen-bond donors (Lipinski definition) is 0. The Morgan fingerprint density at radius 3 is 2.59 bits per heavy atom. The van der Waals surface area contributed by atoms with Crippen molar-refractivity contribution in [2.75, 3.05) is 13.2 Å². The average molecular weight is 464 g/mol. The molecule has 1 fully saturated rings. The van der Waals surface area contributed by atoms with Gasteiger partial charge in [0.25, 0.3) is 5.91 Å². The molecular formula is C25H25N3O2S2. The van der Waals surface area contributed by atoms with Crippen molar-refractivity contribution < 1.29 is 9.53 Å². The van der Waals surface area contributed by atoms with Crippen molar-refractivity contribution in [1.29, 1.82) is 0 Å². The molecule has 164 valence electrons. The van der Waals surface area contributed by atoms with Gasteiger partial charge in [0.05, 0.1) is 17.2 Å². The molecular weight excluding hydrogens is 438 g/mol. The smallest absolute Gasteiger partial charge is 0.266 e. The number of benzene rings is 2. The number of rotatable bonds is 7. The molecule has 1 saturated heterocycles. The van der Waals surface area contributed by atoms with Crippen molar-refractivity contribution in [2.45, 2.75) is 27.2 Å². The van der Waals surface area contributed by atoms with Crippen molar-refractivity contribution in [3.63, 3.8) is 0 Å². The Hall–Kier alpha value is -2.90. The molecule has 3 aromatic rings. The lowest BCUT2D eigenvalue weighted by Crippen LogP contribution is -2.27. The van der Waals surface area contributed by atoms with E-state index in [0.717, 1.165) is 40.2 Å². The van der Waals surface area contributed by atoms with Crippen LogP contribution in [0.3, 0.4) is 0 Å². The number of nitrogens with zero attached hydrogens (tertiary/aromatic N) is 3. The number of carbonyl (C=O) groups excluding carboxylic acids is 1. The lowest BCUT2D eigenvalue weighted by molar-refractivity contribution is -0.121. The third kappa shape index (κ3) is 4.49. The number of thioether (sulfide) groups is 1. The maximum atomic E-state index is 12.8. The second-order valence-electron chi connectivity index (χ2n) is 7.47. The van der Waals surface area contributed by atoms with Gasteiger partial charge in [0, 0.05) is 23.9 Å². The first-order valence-corrected chi connectivity index (χ1v) is 11.9. The number of thiocarbonyl (C=S) groups is 1. The molecule has 1 amide bonds. The van der Waals surface area contributed by atoms with Crippen LogP contribution in [0.5, 0.6) is 5.75 Å². The molecule has 1 aliphatic rings. The topological polar surface area (TPSA) is 47.4 Å². The summed E-state index contributed by atoms with van der Waals surface area (Å²) < 4.78 is 8.27. The summed E-state index contributed by atoms with van der Waals surface area (Å²) >= 11 is 6.71. The van der Waals surface area contributed by atoms with Crippen LogP contribution in [-0.2, 0) is 4.79 Å². The highest BCUT2D eigenvalue weighted by molar-refractivity contribution is 8.26. The minimum absolute atomic E-state index is 0.0552. The summed E-state index contributed by atoms with van der Waals surface area (Å²) in [6.45, 7) is 7.31. The second kappa shape index (κ2) is 9.71. The van der Waals surface area contributed by atoms with Crippen molar-refractivity contribution in [2.24, 2.45) is 0 Å². The average Bonchev–Trinajstić information content (AvgIpc) is 3.34. The third-order valence-corrected chi connectivity index (χ3v) is 6.53. The van der Waals surface area contributed by atoms with Crippen LogP contribution in [0.1, 0.15) is 31.4 Å². The molecule has 32 heavy (non-hydrogen) atoms. The summed E-state index contributed by atoms with van der Waals surface area (Å²) in [5.74, 6) is 0.823. The number of aromatic nitrogens is 2. The Kier molecular flexibility index (Phi) is 6.77. The summed E-state index contributed by atoms with van der Waals surface area (Å²) in [4.78, 5) is 15.0. The van der Waals surface area contributed by atoms with Crippen LogP contribution in [-0.4, -0.2) is 38.1 Å². The highest BCUT2D eigenvalue weighted by atomic mass is 32.2. The van der Waals surface area contributed by atoms with Crippen molar-refractivity contribution in [1.82, 2.24) is 14.7 Å². The van der Waals surface area contributed by atoms with Gasteiger partial charge in [-0.1, -0.05) is 49.1 Å². The zero-order valence-electron chi connectivity index (χ0n) is 18.4. The molecule has 5 nitrogen and oxygen atoms in total. The number of amides is 1. The van der Waals surface area contributed by atoms with Gasteiger partial charge in [0.1, 0.15) is 15.8 Å². The van der Waals surface area contributed by atoms with Gasteiger partial charge in [0.2, 0.25) is 0 Å². The Labute approximate surface area is 198 Å². The number of ether oxygens (including phenoxy) is 1. The van der Waals surface area contributed by atoms with Gasteiger partial charge in [0.15, 0.2) is 0 Å². The first-order valence-electron chi connectivity index (χ1n) is 10.7. The summed E-state index contributed by atoms with van der Waals surface area (Å²) in [6, 6.07) is 16.0. The third-order valence-electron chi connectivity index (χ3n) is 5.15. The molecule has 0 saturated carbocycles. The van der Waals surface area contributed by atoms with E-state index in [1.807, 2.05) is 73.3 Å². The fraction of sp³-hybridized carbons (Fsp3) is 0.240. The number of hydrogen-bond acceptors (Lipinski definition) is 5. The molecule has 0 radical (unpaired) electrons. The molecule has 0 spiro atoms. The molecule has 0 atom stereocenters. The molecule has 0 bridgehead atoms. The molecule has 1 aliphatic heterocycles. The van der Waals surface area contributed by atoms with Gasteiger partial charge >= 0.3 is 0 Å². The van der Waals surface area contributed by atoms with Gasteiger partial charge in [-0.05, 0) is 62.2 Å². The number of para-hydroxylation sites is 1. The van der Waals surface area contributed by atoms with Crippen LogP contribution in [0.4, 0.5) is 0 Å². The number of aryl methyl sites for hydroxylation is 1. The molecule has 2 heterocycles. The Bertz CT molecular complexity index is 1190. The van der Waals surface area contributed by atoms with E-state index in [9.17, 15) is 4.79 Å². The van der Waals surface area contributed by atoms with E-state index in [0.29, 0.717) is 22.4 Å². The summed E-state index contributed by atoms with van der Waals surface area (Å²) in [7, 11) is 0. The van der Waals surface area contributed by atoms with Crippen molar-refractivity contribution in [3.05, 3.63) is 70.8 Å². The van der Waals surface area contributed by atoms with Crippen LogP contribution in [0, 0.1) is 6.92 Å². The van der Waals surface area contributed by atoms with E-state index in [1.54, 1.807) is 4.90 Å². The Morgan fingerprint density at radius 2 is 1.94 bits per heavy atom. The van der Waals surface area contributed by atoms with E-state index in [-0.39, 0.29) is 5.91 Å². The minimum Gasteiger partial charge on any atom is -0.493 e. The second-order valence-corrected chi connectivity index (χ2v) is 9.14. The van der Waals surface area contributed by atoms with E-state index < -0.39 is 0 Å². The fourth-order valence-electron chi connectivity index (χ4n) is 3.51. The molecule has 7 heteroatoms. The van der Waals surface area contributed by atoms with E-state index >= 15 is 0 Å². The van der Waals surface area contributed by atoms with Crippen molar-refractivity contribution in [3.8, 4) is 22.7 Å². The first-order chi connectivity index (χ1) is 15.5. The van der Waals surface area contributed by atoms with Gasteiger partial charge in [-0.25, -0.2) is 4.68 Å². The van der Waals surface area contributed by atoms with Gasteiger partial charge < -0.3 is 4.74 Å². The van der Waals surface area contributed by atoms with E-state index in [2.05, 4.69) is 13.0 Å². The van der Waals surface area contributed by atoms with Crippen LogP contribution in [0.15, 0.2) is 59.6 Å². The molecule has 1 aromatic heterocycles. The molecule has 4 rings (SSSR count). The number of carbonyl (C=O) groups is 1. The highest BCUT2D eigenvalue weighted by Crippen LogP contribution is 2.35. The Balaban J connectivity index is 1.79. The predicted molar refractivity (Wildman–Crippen MR) is 135 cm³/mol. The maximum Gasteiger partial charge on any atom is 0.266 e. The van der Waals surface area contributed by atoms with Gasteiger partial charge in [-0.15, -0.1) is 0 Å². The molecule has 0 aliphatic carbocycles. The molecule has 0 unspecified atom stereocenters. The van der Waals surface area contributed by atoms with E-state index in [1.165, 1.54) is 11.8 Å². The van der Waals surface area contributed by atoms with Crippen LogP contribution in [0.2, 0.25) is 0 Å². The molecule has 2 aromatic carbocycles. The lowest BCUT2D eigenvalue weighted by atomic mass is 10.0. The predicted octanol–water partition coefficient (Wildman–Crippen LogP) is 5.86. The monoisotopic (exact) mass is 463 g/mol. The van der Waals surface area contributed by atoms with Crippen molar-refractivity contribution >= 4 is 40.3 Å². The largest absolute Gasteiger partial charge is 0.493 e. The van der Waals surface area contributed by atoms with Gasteiger partial charge in [-0.2, -0.15) is 5.10 Å². The minimum atomic E-state index is -0.0552. The van der Waals surface area contributed by atoms with Crippen LogP contribution < -0.4 is 4.74 Å².